The number of aromatic nitrogens is 1. The van der Waals surface area contributed by atoms with Crippen LogP contribution in [0, 0.1) is 5.92 Å². The number of halogens is 2. The fourth-order valence-electron chi connectivity index (χ4n) is 5.87. The van der Waals surface area contributed by atoms with Crippen LogP contribution in [0.1, 0.15) is 63.9 Å². The van der Waals surface area contributed by atoms with E-state index < -0.39 is 23.9 Å². The number of benzene rings is 3. The minimum atomic E-state index is -1.30. The second-order valence-electron chi connectivity index (χ2n) is 12.0. The number of carbonyl (C=O) groups excluding carboxylic acids is 3. The number of amides is 4. The normalized spacial score (nSPS) is 13.6. The summed E-state index contributed by atoms with van der Waals surface area (Å²) in [5, 5.41) is 18.8. The van der Waals surface area contributed by atoms with Gasteiger partial charge in [0.1, 0.15) is 6.04 Å². The average molecular weight is 703 g/mol. The van der Waals surface area contributed by atoms with Crippen molar-refractivity contribution in [3.63, 3.8) is 0 Å². The molecule has 5 rings (SSSR count). The second-order valence-corrected chi connectivity index (χ2v) is 12.8. The molecule has 49 heavy (non-hydrogen) atoms. The predicted octanol–water partition coefficient (Wildman–Crippen LogP) is 7.36. The number of hydrogen-bond acceptors (Lipinski definition) is 5. The van der Waals surface area contributed by atoms with Gasteiger partial charge in [0.2, 0.25) is 0 Å². The smallest absolute Gasteiger partial charge is 0.326 e. The number of carboxylic acids is 1. The van der Waals surface area contributed by atoms with Crippen LogP contribution < -0.4 is 20.9 Å². The van der Waals surface area contributed by atoms with E-state index in [0.29, 0.717) is 35.0 Å². The minimum Gasteiger partial charge on any atom is -0.480 e. The molecule has 0 aliphatic heterocycles. The molecule has 1 heterocycles. The van der Waals surface area contributed by atoms with Crippen molar-refractivity contribution < 1.29 is 24.3 Å². The van der Waals surface area contributed by atoms with Gasteiger partial charge in [0.05, 0.1) is 33.4 Å². The average Bonchev–Trinajstić information content (AvgIpc) is 3.11. The summed E-state index contributed by atoms with van der Waals surface area (Å²) in [6.45, 7) is 0.665. The van der Waals surface area contributed by atoms with E-state index in [0.717, 1.165) is 31.2 Å². The zero-order valence-electron chi connectivity index (χ0n) is 26.7. The van der Waals surface area contributed by atoms with E-state index in [-0.39, 0.29) is 34.5 Å². The van der Waals surface area contributed by atoms with E-state index in [4.69, 9.17) is 23.2 Å². The van der Waals surface area contributed by atoms with Gasteiger partial charge in [0.25, 0.3) is 11.8 Å². The number of carboxylic acid groups (broad SMARTS) is 1. The van der Waals surface area contributed by atoms with E-state index in [9.17, 15) is 24.3 Å². The number of para-hydroxylation sites is 1. The molecule has 3 aromatic carbocycles. The van der Waals surface area contributed by atoms with Crippen LogP contribution in [0.4, 0.5) is 16.2 Å². The summed E-state index contributed by atoms with van der Waals surface area (Å²) in [5.41, 5.74) is 2.60. The van der Waals surface area contributed by atoms with Gasteiger partial charge in [-0.15, -0.1) is 0 Å². The first-order valence-electron chi connectivity index (χ1n) is 16.1. The molecule has 10 nitrogen and oxygen atoms in total. The van der Waals surface area contributed by atoms with Crippen LogP contribution >= 0.6 is 23.2 Å². The number of hydrogen-bond donors (Lipinski definition) is 4. The van der Waals surface area contributed by atoms with E-state index in [1.807, 2.05) is 30.3 Å². The maximum atomic E-state index is 13.9. The highest BCUT2D eigenvalue weighted by molar-refractivity contribution is 6.40. The van der Waals surface area contributed by atoms with Crippen LogP contribution in [-0.2, 0) is 17.8 Å². The maximum Gasteiger partial charge on any atom is 0.326 e. The van der Waals surface area contributed by atoms with E-state index in [2.05, 4.69) is 20.9 Å². The van der Waals surface area contributed by atoms with Gasteiger partial charge in [0.15, 0.2) is 0 Å². The predicted molar refractivity (Wildman–Crippen MR) is 190 cm³/mol. The van der Waals surface area contributed by atoms with Crippen LogP contribution in [0.25, 0.3) is 0 Å². The first-order chi connectivity index (χ1) is 23.7. The Kier molecular flexibility index (Phi) is 12.2. The van der Waals surface area contributed by atoms with Gasteiger partial charge in [-0.2, -0.15) is 0 Å². The minimum absolute atomic E-state index is 0.0417. The third kappa shape index (κ3) is 9.58. The van der Waals surface area contributed by atoms with Gasteiger partial charge in [-0.3, -0.25) is 19.5 Å². The molecule has 0 radical (unpaired) electrons. The topological polar surface area (TPSA) is 141 Å². The summed E-state index contributed by atoms with van der Waals surface area (Å²) < 4.78 is 0. The summed E-state index contributed by atoms with van der Waals surface area (Å²) in [4.78, 5) is 57.8. The quantitative estimate of drug-likeness (QED) is 0.122. The Labute approximate surface area is 294 Å². The lowest BCUT2D eigenvalue weighted by Crippen LogP contribution is -2.49. The number of nitrogens with one attached hydrogen (secondary N) is 3. The van der Waals surface area contributed by atoms with Crippen LogP contribution in [0.5, 0.6) is 0 Å². The lowest BCUT2D eigenvalue weighted by atomic mass is 9.89. The molecule has 1 fully saturated rings. The molecule has 0 spiro atoms. The van der Waals surface area contributed by atoms with Gasteiger partial charge < -0.3 is 21.1 Å². The molecule has 1 aliphatic rings. The van der Waals surface area contributed by atoms with Crippen molar-refractivity contribution in [1.29, 1.82) is 0 Å². The molecule has 4 N–H and O–H groups in total. The Morgan fingerprint density at radius 3 is 2.14 bits per heavy atom. The van der Waals surface area contributed by atoms with Gasteiger partial charge in [0, 0.05) is 31.0 Å². The molecule has 4 aromatic rings. The SMILES string of the molecule is O=C(NCC1CCCCC1)c1ccccc1N(Cc1ccccc1)C(=O)NC(Cc1ccc(NC(=O)c2c(Cl)cncc2Cl)cc1)C(=O)O. The molecule has 1 atom stereocenters. The third-order valence-electron chi connectivity index (χ3n) is 8.47. The van der Waals surface area contributed by atoms with Crippen molar-refractivity contribution in [3.8, 4) is 0 Å². The molecule has 1 saturated carbocycles. The van der Waals surface area contributed by atoms with Crippen LogP contribution in [0.15, 0.2) is 91.3 Å². The molecular weight excluding hydrogens is 665 g/mol. The number of urea groups is 1. The largest absolute Gasteiger partial charge is 0.480 e. The molecule has 4 amide bonds. The van der Waals surface area contributed by atoms with Crippen molar-refractivity contribution in [2.24, 2.45) is 5.92 Å². The maximum absolute atomic E-state index is 13.9. The number of nitrogens with zero attached hydrogens (tertiary/aromatic N) is 2. The van der Waals surface area contributed by atoms with Crippen molar-refractivity contribution >= 4 is 58.4 Å². The number of carbonyl (C=O) groups is 4. The highest BCUT2D eigenvalue weighted by Gasteiger charge is 2.28. The monoisotopic (exact) mass is 701 g/mol. The van der Waals surface area contributed by atoms with E-state index >= 15 is 0 Å². The Hall–Kier alpha value is -4.93. The van der Waals surface area contributed by atoms with Crippen molar-refractivity contribution in [3.05, 3.63) is 124 Å². The summed E-state index contributed by atoms with van der Waals surface area (Å²) in [7, 11) is 0. The molecule has 1 unspecified atom stereocenters. The van der Waals surface area contributed by atoms with Crippen molar-refractivity contribution in [2.75, 3.05) is 16.8 Å². The van der Waals surface area contributed by atoms with Crippen LogP contribution in [-0.4, -0.2) is 46.5 Å². The molecule has 0 saturated heterocycles. The lowest BCUT2D eigenvalue weighted by Gasteiger charge is -2.27. The highest BCUT2D eigenvalue weighted by atomic mass is 35.5. The van der Waals surface area contributed by atoms with Crippen LogP contribution in [0.2, 0.25) is 10.0 Å². The molecule has 1 aliphatic carbocycles. The molecular formula is C37H37Cl2N5O5. The zero-order valence-corrected chi connectivity index (χ0v) is 28.2. The summed E-state index contributed by atoms with van der Waals surface area (Å²) >= 11 is 12.2. The Morgan fingerprint density at radius 1 is 0.816 bits per heavy atom. The van der Waals surface area contributed by atoms with Gasteiger partial charge in [-0.05, 0) is 54.2 Å². The molecule has 0 bridgehead atoms. The highest BCUT2D eigenvalue weighted by Crippen LogP contribution is 2.27. The van der Waals surface area contributed by atoms with Gasteiger partial charge in [-0.1, -0.05) is 97.1 Å². The first kappa shape index (κ1) is 35.4. The Bertz CT molecular complexity index is 1760. The third-order valence-corrected chi connectivity index (χ3v) is 9.05. The number of pyridine rings is 1. The lowest BCUT2D eigenvalue weighted by molar-refractivity contribution is -0.139. The number of anilines is 2. The second kappa shape index (κ2) is 16.9. The summed E-state index contributed by atoms with van der Waals surface area (Å²) in [6, 6.07) is 20.7. The Balaban J connectivity index is 1.31. The van der Waals surface area contributed by atoms with Crippen LogP contribution in [0.3, 0.4) is 0 Å². The summed E-state index contributed by atoms with van der Waals surface area (Å²) in [6.07, 6.45) is 8.28. The fourth-order valence-corrected chi connectivity index (χ4v) is 6.40. The number of aliphatic carboxylic acids is 1. The van der Waals surface area contributed by atoms with E-state index in [1.54, 1.807) is 48.5 Å². The fraction of sp³-hybridized carbons (Fsp3) is 0.270. The standard InChI is InChI=1S/C37H37Cl2N5O5/c38-29-21-40-22-30(39)33(29)35(46)42-27-17-15-24(16-18-27)19-31(36(47)48)43-37(49)44(23-26-11-5-2-6-12-26)32-14-8-7-13-28(32)34(45)41-20-25-9-3-1-4-10-25/h2,5-8,11-18,21-22,25,31H,1,3-4,9-10,19-20,23H2,(H,41,45)(H,42,46)(H,43,49)(H,47,48). The van der Waals surface area contributed by atoms with Gasteiger partial charge >= 0.3 is 12.0 Å². The molecule has 254 valence electrons. The first-order valence-corrected chi connectivity index (χ1v) is 16.9. The van der Waals surface area contributed by atoms with Gasteiger partial charge in [-0.25, -0.2) is 9.59 Å². The Morgan fingerprint density at radius 2 is 1.47 bits per heavy atom. The summed E-state index contributed by atoms with van der Waals surface area (Å²) in [5.74, 6) is -1.62. The zero-order chi connectivity index (χ0) is 34.8. The van der Waals surface area contributed by atoms with Crippen molar-refractivity contribution in [2.45, 2.75) is 51.1 Å². The van der Waals surface area contributed by atoms with Crippen molar-refractivity contribution in [1.82, 2.24) is 15.6 Å². The number of rotatable bonds is 12. The molecule has 1 aromatic heterocycles. The van der Waals surface area contributed by atoms with E-state index in [1.165, 1.54) is 23.7 Å². The molecule has 12 heteroatoms.